The van der Waals surface area contributed by atoms with E-state index in [1.165, 1.54) is 0 Å². The van der Waals surface area contributed by atoms with Gasteiger partial charge >= 0.3 is 0 Å². The summed E-state index contributed by atoms with van der Waals surface area (Å²) in [5.41, 5.74) is 0.489. The summed E-state index contributed by atoms with van der Waals surface area (Å²) in [4.78, 5) is 21.1. The maximum Gasteiger partial charge on any atom is 0.267 e. The standard InChI is InChI=1S/C22H30ClN3O4/c1-21(14-19(25-30-21)17-4-2-3-5-18(17)23)20(27)24-15-22(6-10-28-11-7-22)16-26-8-12-29-13-9-26/h2-5H,6-16H2,1H3,(H,24,27). The lowest BCUT2D eigenvalue weighted by atomic mass is 9.79. The van der Waals surface area contributed by atoms with E-state index in [-0.39, 0.29) is 11.3 Å². The molecule has 3 aliphatic rings. The molecular formula is C22H30ClN3O4. The van der Waals surface area contributed by atoms with Crippen molar-refractivity contribution in [1.82, 2.24) is 10.2 Å². The fourth-order valence-electron chi connectivity index (χ4n) is 4.38. The SMILES string of the molecule is CC1(C(=O)NCC2(CN3CCOCC3)CCOCC2)CC(c2ccccc2Cl)=NO1. The van der Waals surface area contributed by atoms with Crippen LogP contribution in [0.2, 0.25) is 5.02 Å². The summed E-state index contributed by atoms with van der Waals surface area (Å²) >= 11 is 6.29. The van der Waals surface area contributed by atoms with Gasteiger partial charge in [0.1, 0.15) is 0 Å². The Hall–Kier alpha value is -1.67. The smallest absolute Gasteiger partial charge is 0.267 e. The Morgan fingerprint density at radius 2 is 1.87 bits per heavy atom. The molecule has 4 rings (SSSR count). The minimum atomic E-state index is -1.03. The Labute approximate surface area is 182 Å². The number of carbonyl (C=O) groups is 1. The summed E-state index contributed by atoms with van der Waals surface area (Å²) < 4.78 is 11.1. The number of ether oxygens (including phenoxy) is 2. The second kappa shape index (κ2) is 9.22. The zero-order valence-corrected chi connectivity index (χ0v) is 18.2. The van der Waals surface area contributed by atoms with Crippen molar-refractivity contribution in [2.45, 2.75) is 31.8 Å². The molecule has 3 aliphatic heterocycles. The third kappa shape index (κ3) is 4.80. The highest BCUT2D eigenvalue weighted by molar-refractivity contribution is 6.34. The zero-order valence-electron chi connectivity index (χ0n) is 17.5. The molecule has 30 heavy (non-hydrogen) atoms. The number of benzene rings is 1. The molecule has 8 heteroatoms. The molecule has 1 unspecified atom stereocenters. The van der Waals surface area contributed by atoms with Gasteiger partial charge in [-0.25, -0.2) is 0 Å². The topological polar surface area (TPSA) is 72.4 Å². The van der Waals surface area contributed by atoms with Crippen LogP contribution in [0.1, 0.15) is 31.7 Å². The van der Waals surface area contributed by atoms with Crippen LogP contribution in [0.15, 0.2) is 29.4 Å². The summed E-state index contributed by atoms with van der Waals surface area (Å²) in [6.07, 6.45) is 2.26. The highest BCUT2D eigenvalue weighted by atomic mass is 35.5. The van der Waals surface area contributed by atoms with Crippen LogP contribution in [0, 0.1) is 5.41 Å². The van der Waals surface area contributed by atoms with E-state index in [9.17, 15) is 4.79 Å². The summed E-state index contributed by atoms with van der Waals surface area (Å²) in [7, 11) is 0. The number of rotatable bonds is 6. The van der Waals surface area contributed by atoms with E-state index < -0.39 is 5.60 Å². The monoisotopic (exact) mass is 435 g/mol. The van der Waals surface area contributed by atoms with Gasteiger partial charge in [0.15, 0.2) is 0 Å². The molecule has 1 aromatic carbocycles. The van der Waals surface area contributed by atoms with Crippen molar-refractivity contribution in [3.63, 3.8) is 0 Å². The second-order valence-electron chi connectivity index (χ2n) is 8.70. The lowest BCUT2D eigenvalue weighted by Gasteiger charge is -2.42. The first-order valence-electron chi connectivity index (χ1n) is 10.7. The summed E-state index contributed by atoms with van der Waals surface area (Å²) in [5, 5.41) is 7.95. The maximum atomic E-state index is 13.1. The van der Waals surface area contributed by atoms with E-state index in [0.29, 0.717) is 23.7 Å². The number of nitrogens with zero attached hydrogens (tertiary/aromatic N) is 2. The van der Waals surface area contributed by atoms with Gasteiger partial charge in [-0.3, -0.25) is 9.69 Å². The second-order valence-corrected chi connectivity index (χ2v) is 9.11. The Bertz CT molecular complexity index is 790. The molecule has 0 bridgehead atoms. The van der Waals surface area contributed by atoms with Gasteiger partial charge in [0.05, 0.1) is 18.9 Å². The Morgan fingerprint density at radius 3 is 2.60 bits per heavy atom. The molecule has 3 heterocycles. The molecule has 164 valence electrons. The Balaban J connectivity index is 1.38. The van der Waals surface area contributed by atoms with Crippen molar-refractivity contribution in [1.29, 1.82) is 0 Å². The molecule has 0 spiro atoms. The lowest BCUT2D eigenvalue weighted by molar-refractivity contribution is -0.142. The Morgan fingerprint density at radius 1 is 1.17 bits per heavy atom. The molecule has 1 amide bonds. The highest BCUT2D eigenvalue weighted by Crippen LogP contribution is 2.33. The molecule has 1 atom stereocenters. The quantitative estimate of drug-likeness (QED) is 0.743. The first-order valence-corrected chi connectivity index (χ1v) is 11.0. The van der Waals surface area contributed by atoms with Crippen LogP contribution >= 0.6 is 11.6 Å². The van der Waals surface area contributed by atoms with Crippen LogP contribution in [0.4, 0.5) is 0 Å². The summed E-state index contributed by atoms with van der Waals surface area (Å²) in [5.74, 6) is -0.138. The number of morpholine rings is 1. The van der Waals surface area contributed by atoms with Gasteiger partial charge < -0.3 is 19.6 Å². The number of nitrogens with one attached hydrogen (secondary N) is 1. The van der Waals surface area contributed by atoms with Crippen LogP contribution in [0.25, 0.3) is 0 Å². The molecule has 0 aromatic heterocycles. The largest absolute Gasteiger partial charge is 0.381 e. The number of halogens is 1. The van der Waals surface area contributed by atoms with E-state index >= 15 is 0 Å². The molecule has 1 N–H and O–H groups in total. The van der Waals surface area contributed by atoms with Gasteiger partial charge in [0.25, 0.3) is 5.91 Å². The third-order valence-corrected chi connectivity index (χ3v) is 6.70. The van der Waals surface area contributed by atoms with Crippen molar-refractivity contribution >= 4 is 23.2 Å². The summed E-state index contributed by atoms with van der Waals surface area (Å²) in [6, 6.07) is 7.49. The third-order valence-electron chi connectivity index (χ3n) is 6.37. The lowest BCUT2D eigenvalue weighted by Crippen LogP contribution is -2.53. The predicted octanol–water partition coefficient (Wildman–Crippen LogP) is 2.47. The fourth-order valence-corrected chi connectivity index (χ4v) is 4.63. The average Bonchev–Trinajstić information content (AvgIpc) is 3.17. The number of carbonyl (C=O) groups excluding carboxylic acids is 1. The van der Waals surface area contributed by atoms with Crippen LogP contribution in [-0.4, -0.2) is 74.7 Å². The van der Waals surface area contributed by atoms with E-state index in [1.807, 2.05) is 24.3 Å². The van der Waals surface area contributed by atoms with Crippen LogP contribution in [0.5, 0.6) is 0 Å². The first-order chi connectivity index (χ1) is 14.5. The van der Waals surface area contributed by atoms with Gasteiger partial charge in [-0.05, 0) is 25.8 Å². The number of hydrogen-bond acceptors (Lipinski definition) is 6. The fraction of sp³-hybridized carbons (Fsp3) is 0.636. The zero-order chi connectivity index (χ0) is 21.0. The van der Waals surface area contributed by atoms with Gasteiger partial charge in [-0.15, -0.1) is 0 Å². The molecule has 0 saturated carbocycles. The number of amides is 1. The molecule has 1 aromatic rings. The molecule has 7 nitrogen and oxygen atoms in total. The Kier molecular flexibility index (Phi) is 6.63. The minimum Gasteiger partial charge on any atom is -0.381 e. The predicted molar refractivity (Wildman–Crippen MR) is 115 cm³/mol. The summed E-state index contributed by atoms with van der Waals surface area (Å²) in [6.45, 7) is 8.21. The minimum absolute atomic E-state index is 0.00659. The normalized spacial score (nSPS) is 26.7. The van der Waals surface area contributed by atoms with Crippen molar-refractivity contribution in [2.24, 2.45) is 10.6 Å². The molecule has 0 radical (unpaired) electrons. The molecule has 0 aliphatic carbocycles. The molecule has 2 saturated heterocycles. The van der Waals surface area contributed by atoms with Gasteiger partial charge in [-0.1, -0.05) is 35.0 Å². The van der Waals surface area contributed by atoms with E-state index in [0.717, 1.165) is 64.5 Å². The number of hydrogen-bond donors (Lipinski definition) is 1. The van der Waals surface area contributed by atoms with Crippen LogP contribution in [0.3, 0.4) is 0 Å². The van der Waals surface area contributed by atoms with Crippen molar-refractivity contribution in [3.05, 3.63) is 34.9 Å². The maximum absolute atomic E-state index is 13.1. The van der Waals surface area contributed by atoms with Crippen molar-refractivity contribution < 1.29 is 19.1 Å². The van der Waals surface area contributed by atoms with Crippen LogP contribution in [-0.2, 0) is 19.1 Å². The van der Waals surface area contributed by atoms with E-state index in [2.05, 4.69) is 15.4 Å². The highest BCUT2D eigenvalue weighted by Gasteiger charge is 2.44. The van der Waals surface area contributed by atoms with Crippen molar-refractivity contribution in [2.75, 3.05) is 52.6 Å². The first kappa shape index (κ1) is 21.6. The molecule has 2 fully saturated rings. The van der Waals surface area contributed by atoms with Gasteiger partial charge in [0.2, 0.25) is 5.60 Å². The van der Waals surface area contributed by atoms with Crippen LogP contribution < -0.4 is 5.32 Å². The van der Waals surface area contributed by atoms with E-state index in [1.54, 1.807) is 6.92 Å². The van der Waals surface area contributed by atoms with E-state index in [4.69, 9.17) is 25.9 Å². The van der Waals surface area contributed by atoms with Gasteiger partial charge in [0, 0.05) is 61.8 Å². The average molecular weight is 436 g/mol. The van der Waals surface area contributed by atoms with Gasteiger partial charge in [-0.2, -0.15) is 0 Å². The van der Waals surface area contributed by atoms with Crippen molar-refractivity contribution in [3.8, 4) is 0 Å². The number of oxime groups is 1. The molecular weight excluding hydrogens is 406 g/mol.